The van der Waals surface area contributed by atoms with E-state index in [-0.39, 0.29) is 5.91 Å². The van der Waals surface area contributed by atoms with Crippen LogP contribution in [-0.2, 0) is 4.79 Å². The van der Waals surface area contributed by atoms with Gasteiger partial charge in [0.15, 0.2) is 0 Å². The molecule has 1 fully saturated rings. The number of furan rings is 1. The molecule has 2 N–H and O–H groups in total. The first kappa shape index (κ1) is 17.8. The van der Waals surface area contributed by atoms with Crippen molar-refractivity contribution >= 4 is 23.6 Å². The topological polar surface area (TPSA) is 74.6 Å². The molecule has 1 saturated carbocycles. The molecule has 0 aliphatic heterocycles. The molecule has 0 saturated heterocycles. The van der Waals surface area contributed by atoms with Gasteiger partial charge in [0.05, 0.1) is 0 Å². The second kappa shape index (κ2) is 7.47. The highest BCUT2D eigenvalue weighted by molar-refractivity contribution is 5.98. The molecular formula is C20H23N3O3. The van der Waals surface area contributed by atoms with E-state index in [1.54, 1.807) is 24.3 Å². The zero-order valence-corrected chi connectivity index (χ0v) is 15.2. The molecule has 2 aromatic rings. The number of hydrazine groups is 1. The fraction of sp³-hybridized carbons (Fsp3) is 0.300. The van der Waals surface area contributed by atoms with Crippen LogP contribution in [0.3, 0.4) is 0 Å². The predicted octanol–water partition coefficient (Wildman–Crippen LogP) is 2.94. The number of hydrogen-bond acceptors (Lipinski definition) is 4. The number of amides is 2. The minimum Gasteiger partial charge on any atom is -0.461 e. The molecule has 6 nitrogen and oxygen atoms in total. The highest BCUT2D eigenvalue weighted by Crippen LogP contribution is 2.47. The van der Waals surface area contributed by atoms with Crippen LogP contribution in [0, 0.1) is 5.92 Å². The van der Waals surface area contributed by atoms with Crippen LogP contribution in [0.2, 0.25) is 0 Å². The molecule has 2 unspecified atom stereocenters. The molecule has 2 atom stereocenters. The van der Waals surface area contributed by atoms with Gasteiger partial charge in [-0.3, -0.25) is 20.4 Å². The Morgan fingerprint density at radius 1 is 1.19 bits per heavy atom. The third-order valence-electron chi connectivity index (χ3n) is 4.45. The van der Waals surface area contributed by atoms with E-state index in [0.717, 1.165) is 17.9 Å². The summed E-state index contributed by atoms with van der Waals surface area (Å²) in [5.41, 5.74) is 6.14. The number of nitrogens with one attached hydrogen (secondary N) is 2. The molecule has 3 rings (SSSR count). The average molecular weight is 353 g/mol. The summed E-state index contributed by atoms with van der Waals surface area (Å²) in [4.78, 5) is 25.9. The lowest BCUT2D eigenvalue weighted by Gasteiger charge is -2.13. The summed E-state index contributed by atoms with van der Waals surface area (Å²) in [6, 6.07) is 10.9. The summed E-state index contributed by atoms with van der Waals surface area (Å²) in [7, 11) is 3.79. The quantitative estimate of drug-likeness (QED) is 0.640. The predicted molar refractivity (Wildman–Crippen MR) is 101 cm³/mol. The number of carbonyl (C=O) groups is 2. The van der Waals surface area contributed by atoms with Gasteiger partial charge < -0.3 is 9.32 Å². The number of hydrogen-bond donors (Lipinski definition) is 2. The molecule has 2 amide bonds. The smallest absolute Gasteiger partial charge is 0.269 e. The normalized spacial score (nSPS) is 18.6. The van der Waals surface area contributed by atoms with Gasteiger partial charge in [-0.15, -0.1) is 0 Å². The molecule has 1 aliphatic rings. The van der Waals surface area contributed by atoms with Gasteiger partial charge in [0.25, 0.3) is 11.8 Å². The van der Waals surface area contributed by atoms with E-state index < -0.39 is 5.91 Å². The molecule has 0 bridgehead atoms. The molecule has 136 valence electrons. The molecule has 26 heavy (non-hydrogen) atoms. The molecule has 0 radical (unpaired) electrons. The van der Waals surface area contributed by atoms with Crippen molar-refractivity contribution in [3.63, 3.8) is 0 Å². The van der Waals surface area contributed by atoms with Gasteiger partial charge in [-0.2, -0.15) is 0 Å². The lowest BCUT2D eigenvalue weighted by Crippen LogP contribution is -2.40. The second-order valence-electron chi connectivity index (χ2n) is 6.78. The Labute approximate surface area is 152 Å². The summed E-state index contributed by atoms with van der Waals surface area (Å²) in [5, 5.41) is 0. The van der Waals surface area contributed by atoms with Gasteiger partial charge in [0, 0.05) is 37.3 Å². The lowest BCUT2D eigenvalue weighted by atomic mass is 10.2. The number of anilines is 1. The van der Waals surface area contributed by atoms with Gasteiger partial charge in [-0.1, -0.05) is 13.0 Å². The number of rotatable bonds is 5. The fourth-order valence-corrected chi connectivity index (χ4v) is 2.69. The van der Waals surface area contributed by atoms with Crippen LogP contribution in [-0.4, -0.2) is 25.9 Å². The Morgan fingerprint density at radius 3 is 2.65 bits per heavy atom. The number of benzene rings is 1. The zero-order valence-electron chi connectivity index (χ0n) is 15.2. The molecule has 1 aromatic carbocycles. The summed E-state index contributed by atoms with van der Waals surface area (Å²) in [5.74, 6) is 1.95. The maximum absolute atomic E-state index is 12.1. The molecule has 6 heteroatoms. The van der Waals surface area contributed by atoms with E-state index in [1.165, 1.54) is 6.08 Å². The van der Waals surface area contributed by atoms with Crippen LogP contribution in [0.5, 0.6) is 0 Å². The van der Waals surface area contributed by atoms with E-state index in [0.29, 0.717) is 23.2 Å². The van der Waals surface area contributed by atoms with Crippen LogP contribution in [0.4, 0.5) is 5.69 Å². The minimum atomic E-state index is -0.431. The van der Waals surface area contributed by atoms with Gasteiger partial charge in [-0.25, -0.2) is 0 Å². The highest BCUT2D eigenvalue weighted by Gasteiger charge is 2.36. The Balaban J connectivity index is 1.51. The summed E-state index contributed by atoms with van der Waals surface area (Å²) < 4.78 is 5.70. The van der Waals surface area contributed by atoms with Crippen molar-refractivity contribution in [1.82, 2.24) is 10.9 Å². The fourth-order valence-electron chi connectivity index (χ4n) is 2.69. The molecular weight excluding hydrogens is 330 g/mol. The van der Waals surface area contributed by atoms with Crippen molar-refractivity contribution in [3.05, 3.63) is 59.6 Å². The van der Waals surface area contributed by atoms with Crippen molar-refractivity contribution < 1.29 is 14.0 Å². The van der Waals surface area contributed by atoms with Gasteiger partial charge in [0.1, 0.15) is 11.5 Å². The van der Waals surface area contributed by atoms with E-state index in [4.69, 9.17) is 4.42 Å². The first-order valence-electron chi connectivity index (χ1n) is 8.59. The maximum Gasteiger partial charge on any atom is 0.269 e. The Hall–Kier alpha value is -3.02. The van der Waals surface area contributed by atoms with Crippen molar-refractivity contribution in [2.75, 3.05) is 19.0 Å². The number of carbonyl (C=O) groups excluding carboxylic acids is 2. The Kier molecular flexibility index (Phi) is 5.11. The van der Waals surface area contributed by atoms with E-state index in [1.807, 2.05) is 37.2 Å². The van der Waals surface area contributed by atoms with Crippen LogP contribution in [0.15, 0.2) is 46.9 Å². The summed E-state index contributed by atoms with van der Waals surface area (Å²) in [6.45, 7) is 2.19. The molecule has 0 spiro atoms. The largest absolute Gasteiger partial charge is 0.461 e. The standard InChI is InChI=1S/C20H23N3O3/c1-13-11-17(13)18-9-7-16(26-18)8-10-19(24)21-22-20(25)14-5-4-6-15(12-14)23(2)3/h4-10,12-13,17H,11H2,1-3H3,(H,21,24)(H,22,25)/b10-8+. The van der Waals surface area contributed by atoms with Gasteiger partial charge in [0.2, 0.25) is 0 Å². The zero-order chi connectivity index (χ0) is 18.7. The van der Waals surface area contributed by atoms with Crippen LogP contribution >= 0.6 is 0 Å². The van der Waals surface area contributed by atoms with Crippen molar-refractivity contribution in [3.8, 4) is 0 Å². The highest BCUT2D eigenvalue weighted by atomic mass is 16.3. The maximum atomic E-state index is 12.1. The third kappa shape index (κ3) is 4.33. The number of nitrogens with zero attached hydrogens (tertiary/aromatic N) is 1. The molecule has 1 heterocycles. The van der Waals surface area contributed by atoms with Crippen LogP contribution < -0.4 is 15.8 Å². The summed E-state index contributed by atoms with van der Waals surface area (Å²) >= 11 is 0. The van der Waals surface area contributed by atoms with E-state index >= 15 is 0 Å². The Morgan fingerprint density at radius 2 is 1.96 bits per heavy atom. The second-order valence-corrected chi connectivity index (χ2v) is 6.78. The van der Waals surface area contributed by atoms with Crippen molar-refractivity contribution in [2.45, 2.75) is 19.3 Å². The van der Waals surface area contributed by atoms with Crippen molar-refractivity contribution in [1.29, 1.82) is 0 Å². The third-order valence-corrected chi connectivity index (χ3v) is 4.45. The van der Waals surface area contributed by atoms with Crippen molar-refractivity contribution in [2.24, 2.45) is 5.92 Å². The summed E-state index contributed by atoms with van der Waals surface area (Å²) in [6.07, 6.45) is 4.07. The SMILES string of the molecule is CC1CC1c1ccc(/C=C/C(=O)NNC(=O)c2cccc(N(C)C)c2)o1. The van der Waals surface area contributed by atoms with Crippen LogP contribution in [0.25, 0.3) is 6.08 Å². The minimum absolute atomic E-state index is 0.376. The van der Waals surface area contributed by atoms with E-state index in [2.05, 4.69) is 17.8 Å². The molecule has 1 aliphatic carbocycles. The Bertz CT molecular complexity index is 838. The molecule has 1 aromatic heterocycles. The lowest BCUT2D eigenvalue weighted by molar-refractivity contribution is -0.117. The van der Waals surface area contributed by atoms with Crippen LogP contribution in [0.1, 0.15) is 41.1 Å². The first-order valence-corrected chi connectivity index (χ1v) is 8.59. The van der Waals surface area contributed by atoms with Gasteiger partial charge in [-0.05, 0) is 48.7 Å². The average Bonchev–Trinajstić information content (AvgIpc) is 3.18. The first-order chi connectivity index (χ1) is 12.4. The van der Waals surface area contributed by atoms with E-state index in [9.17, 15) is 9.59 Å². The monoisotopic (exact) mass is 353 g/mol. The van der Waals surface area contributed by atoms with Gasteiger partial charge >= 0.3 is 0 Å².